The van der Waals surface area contributed by atoms with Crippen LogP contribution < -0.4 is 10.1 Å². The summed E-state index contributed by atoms with van der Waals surface area (Å²) in [4.78, 5) is 4.42. The molecule has 0 aliphatic heterocycles. The number of hydrogen-bond acceptors (Lipinski definition) is 3. The molecule has 2 atom stereocenters. The Morgan fingerprint density at radius 1 is 1.50 bits per heavy atom. The molecule has 0 bridgehead atoms. The molecule has 1 rings (SSSR count). The molecule has 3 nitrogen and oxygen atoms in total. The largest absolute Gasteiger partial charge is 0.495 e. The molecule has 0 aromatic carbocycles. The Morgan fingerprint density at radius 3 is 2.81 bits per heavy atom. The fraction of sp³-hybridized carbons (Fsp3) is 0.615. The van der Waals surface area contributed by atoms with Crippen LogP contribution in [0.25, 0.3) is 0 Å². The molecule has 1 aromatic rings. The number of hydrogen-bond donors (Lipinski definition) is 1. The molecular formula is C13H22N2O. The number of aromatic nitrogens is 1. The van der Waals surface area contributed by atoms with Crippen LogP contribution in [0.2, 0.25) is 0 Å². The lowest BCUT2D eigenvalue weighted by molar-refractivity contribution is 0.374. The molecule has 0 aliphatic rings. The van der Waals surface area contributed by atoms with Crippen LogP contribution in [0.5, 0.6) is 5.75 Å². The van der Waals surface area contributed by atoms with Gasteiger partial charge in [0, 0.05) is 6.20 Å². The van der Waals surface area contributed by atoms with Crippen molar-refractivity contribution in [3.8, 4) is 5.75 Å². The maximum atomic E-state index is 5.34. The summed E-state index contributed by atoms with van der Waals surface area (Å²) in [7, 11) is 3.66. The van der Waals surface area contributed by atoms with Crippen molar-refractivity contribution in [2.45, 2.75) is 32.7 Å². The summed E-state index contributed by atoms with van der Waals surface area (Å²) < 4.78 is 5.34. The van der Waals surface area contributed by atoms with E-state index in [0.717, 1.165) is 17.9 Å². The second-order valence-corrected chi connectivity index (χ2v) is 4.18. The summed E-state index contributed by atoms with van der Waals surface area (Å²) in [6.07, 6.45) is 4.09. The summed E-state index contributed by atoms with van der Waals surface area (Å²) in [5.74, 6) is 1.55. The van der Waals surface area contributed by atoms with Crippen LogP contribution in [0, 0.1) is 5.92 Å². The number of rotatable bonds is 6. The van der Waals surface area contributed by atoms with E-state index >= 15 is 0 Å². The predicted octanol–water partition coefficient (Wildman–Crippen LogP) is 2.79. The first kappa shape index (κ1) is 13.0. The standard InChI is InChI=1S/C13H22N2O/c1-5-10(2)9-11(14-3)13-12(16-4)7-6-8-15-13/h6-8,10-11,14H,5,9H2,1-4H3. The van der Waals surface area contributed by atoms with E-state index in [4.69, 9.17) is 4.74 Å². The van der Waals surface area contributed by atoms with E-state index in [1.54, 1.807) is 7.11 Å². The summed E-state index contributed by atoms with van der Waals surface area (Å²) >= 11 is 0. The van der Waals surface area contributed by atoms with Crippen LogP contribution >= 0.6 is 0 Å². The highest BCUT2D eigenvalue weighted by atomic mass is 16.5. The normalized spacial score (nSPS) is 14.5. The molecule has 0 spiro atoms. The molecule has 1 N–H and O–H groups in total. The van der Waals surface area contributed by atoms with E-state index in [2.05, 4.69) is 24.1 Å². The van der Waals surface area contributed by atoms with E-state index in [-0.39, 0.29) is 6.04 Å². The van der Waals surface area contributed by atoms with Gasteiger partial charge in [0.1, 0.15) is 5.75 Å². The van der Waals surface area contributed by atoms with Crippen LogP contribution in [-0.4, -0.2) is 19.1 Å². The highest BCUT2D eigenvalue weighted by Crippen LogP contribution is 2.27. The lowest BCUT2D eigenvalue weighted by Gasteiger charge is -2.20. The van der Waals surface area contributed by atoms with E-state index in [9.17, 15) is 0 Å². The van der Waals surface area contributed by atoms with Crippen LogP contribution in [0.3, 0.4) is 0 Å². The van der Waals surface area contributed by atoms with Crippen LogP contribution in [0.1, 0.15) is 38.4 Å². The number of pyridine rings is 1. The first-order chi connectivity index (χ1) is 7.72. The lowest BCUT2D eigenvalue weighted by atomic mass is 9.97. The molecule has 0 saturated carbocycles. The Bertz CT molecular complexity index is 315. The van der Waals surface area contributed by atoms with Crippen molar-refractivity contribution >= 4 is 0 Å². The van der Waals surface area contributed by atoms with Crippen molar-refractivity contribution < 1.29 is 4.74 Å². The average molecular weight is 222 g/mol. The minimum Gasteiger partial charge on any atom is -0.495 e. The van der Waals surface area contributed by atoms with Gasteiger partial charge in [-0.2, -0.15) is 0 Å². The van der Waals surface area contributed by atoms with Gasteiger partial charge >= 0.3 is 0 Å². The number of ether oxygens (including phenoxy) is 1. The van der Waals surface area contributed by atoms with Crippen molar-refractivity contribution in [2.24, 2.45) is 5.92 Å². The molecular weight excluding hydrogens is 200 g/mol. The smallest absolute Gasteiger partial charge is 0.141 e. The average Bonchev–Trinajstić information content (AvgIpc) is 2.35. The number of nitrogens with zero attached hydrogens (tertiary/aromatic N) is 1. The molecule has 3 heteroatoms. The molecule has 0 aliphatic carbocycles. The van der Waals surface area contributed by atoms with Crippen molar-refractivity contribution in [1.82, 2.24) is 10.3 Å². The minimum absolute atomic E-state index is 0.270. The summed E-state index contributed by atoms with van der Waals surface area (Å²) in [6, 6.07) is 4.13. The van der Waals surface area contributed by atoms with Crippen molar-refractivity contribution in [3.05, 3.63) is 24.0 Å². The van der Waals surface area contributed by atoms with E-state index in [1.807, 2.05) is 25.4 Å². The Balaban J connectivity index is 2.85. The Morgan fingerprint density at radius 2 is 2.25 bits per heavy atom. The van der Waals surface area contributed by atoms with Gasteiger partial charge in [-0.25, -0.2) is 0 Å². The molecule has 0 fully saturated rings. The molecule has 0 radical (unpaired) electrons. The Hall–Kier alpha value is -1.09. The fourth-order valence-electron chi connectivity index (χ4n) is 1.77. The molecule has 1 heterocycles. The van der Waals surface area contributed by atoms with Crippen LogP contribution in [-0.2, 0) is 0 Å². The Kier molecular flexibility index (Phi) is 5.26. The van der Waals surface area contributed by atoms with Gasteiger partial charge in [-0.1, -0.05) is 20.3 Å². The van der Waals surface area contributed by atoms with Gasteiger partial charge in [0.2, 0.25) is 0 Å². The third kappa shape index (κ3) is 3.20. The second kappa shape index (κ2) is 6.48. The molecule has 16 heavy (non-hydrogen) atoms. The van der Waals surface area contributed by atoms with Gasteiger partial charge in [-0.05, 0) is 31.5 Å². The van der Waals surface area contributed by atoms with E-state index in [0.29, 0.717) is 5.92 Å². The highest BCUT2D eigenvalue weighted by molar-refractivity contribution is 5.29. The maximum Gasteiger partial charge on any atom is 0.141 e. The quantitative estimate of drug-likeness (QED) is 0.803. The van der Waals surface area contributed by atoms with Crippen LogP contribution in [0.4, 0.5) is 0 Å². The predicted molar refractivity (Wildman–Crippen MR) is 66.7 cm³/mol. The van der Waals surface area contributed by atoms with Crippen molar-refractivity contribution in [3.63, 3.8) is 0 Å². The van der Waals surface area contributed by atoms with Gasteiger partial charge in [-0.15, -0.1) is 0 Å². The topological polar surface area (TPSA) is 34.2 Å². The molecule has 1 aromatic heterocycles. The third-order valence-corrected chi connectivity index (χ3v) is 3.03. The van der Waals surface area contributed by atoms with Gasteiger partial charge < -0.3 is 10.1 Å². The summed E-state index contributed by atoms with van der Waals surface area (Å²) in [5, 5.41) is 3.32. The van der Waals surface area contributed by atoms with Crippen molar-refractivity contribution in [1.29, 1.82) is 0 Å². The zero-order valence-electron chi connectivity index (χ0n) is 10.7. The zero-order chi connectivity index (χ0) is 12.0. The van der Waals surface area contributed by atoms with Crippen LogP contribution in [0.15, 0.2) is 18.3 Å². The monoisotopic (exact) mass is 222 g/mol. The third-order valence-electron chi connectivity index (χ3n) is 3.03. The van der Waals surface area contributed by atoms with E-state index < -0.39 is 0 Å². The van der Waals surface area contributed by atoms with Gasteiger partial charge in [-0.3, -0.25) is 4.98 Å². The van der Waals surface area contributed by atoms with Gasteiger partial charge in [0.25, 0.3) is 0 Å². The summed E-state index contributed by atoms with van der Waals surface area (Å²) in [6.45, 7) is 4.48. The van der Waals surface area contributed by atoms with Gasteiger partial charge in [0.15, 0.2) is 0 Å². The fourth-order valence-corrected chi connectivity index (χ4v) is 1.77. The first-order valence-electron chi connectivity index (χ1n) is 5.89. The minimum atomic E-state index is 0.270. The number of methoxy groups -OCH3 is 1. The molecule has 2 unspecified atom stereocenters. The van der Waals surface area contributed by atoms with E-state index in [1.165, 1.54) is 6.42 Å². The second-order valence-electron chi connectivity index (χ2n) is 4.18. The highest BCUT2D eigenvalue weighted by Gasteiger charge is 2.17. The molecule has 0 saturated heterocycles. The zero-order valence-corrected chi connectivity index (χ0v) is 10.7. The summed E-state index contributed by atoms with van der Waals surface area (Å²) in [5.41, 5.74) is 1.01. The number of nitrogens with one attached hydrogen (secondary N) is 1. The SMILES string of the molecule is CCC(C)CC(NC)c1ncccc1OC. The first-order valence-corrected chi connectivity index (χ1v) is 5.89. The Labute approximate surface area is 98.2 Å². The molecule has 0 amide bonds. The maximum absolute atomic E-state index is 5.34. The molecule has 90 valence electrons. The lowest BCUT2D eigenvalue weighted by Crippen LogP contribution is -2.20. The van der Waals surface area contributed by atoms with Crippen molar-refractivity contribution in [2.75, 3.05) is 14.2 Å². The van der Waals surface area contributed by atoms with Gasteiger partial charge in [0.05, 0.1) is 18.8 Å².